The van der Waals surface area contributed by atoms with Gasteiger partial charge < -0.3 is 0 Å². The van der Waals surface area contributed by atoms with Crippen molar-refractivity contribution in [2.45, 2.75) is 6.92 Å². The van der Waals surface area contributed by atoms with Crippen LogP contribution in [0.5, 0.6) is 0 Å². The van der Waals surface area contributed by atoms with Crippen LogP contribution in [0.2, 0.25) is 0 Å². The van der Waals surface area contributed by atoms with Crippen LogP contribution >= 0.6 is 38.8 Å². The van der Waals surface area contributed by atoms with Crippen molar-refractivity contribution in [3.8, 4) is 11.4 Å². The smallest absolute Gasteiger partial charge is 0.179 e. The highest BCUT2D eigenvalue weighted by Gasteiger charge is 2.07. The average Bonchev–Trinajstić information content (AvgIpc) is 2.58. The summed E-state index contributed by atoms with van der Waals surface area (Å²) in [6, 6.07) is 0. The molecule has 2 aromatic heterocycles. The van der Waals surface area contributed by atoms with E-state index < -0.39 is 0 Å². The molecule has 0 saturated heterocycles. The number of aryl methyl sites for hydroxylation is 1. The molecule has 2 heterocycles. The van der Waals surface area contributed by atoms with Gasteiger partial charge in [-0.3, -0.25) is 0 Å². The third-order valence-electron chi connectivity index (χ3n) is 1.50. The van der Waals surface area contributed by atoms with Crippen LogP contribution in [0.4, 0.5) is 0 Å². The fourth-order valence-electron chi connectivity index (χ4n) is 0.904. The molecule has 5 heteroatoms. The van der Waals surface area contributed by atoms with E-state index in [4.69, 9.17) is 0 Å². The molecule has 0 bridgehead atoms. The molecule has 62 valence electrons. The molecule has 0 unspecified atom stereocenters. The molecule has 2 rings (SSSR count). The van der Waals surface area contributed by atoms with E-state index in [0.717, 1.165) is 15.3 Å². The lowest BCUT2D eigenvalue weighted by Gasteiger charge is -1.89. The van der Waals surface area contributed by atoms with Crippen molar-refractivity contribution in [1.82, 2.24) is 9.36 Å². The molecule has 0 aliphatic rings. The number of thiophene rings is 1. The monoisotopic (exact) mass is 260 g/mol. The first-order chi connectivity index (χ1) is 5.77. The second kappa shape index (κ2) is 3.24. The van der Waals surface area contributed by atoms with Crippen molar-refractivity contribution < 1.29 is 0 Å². The van der Waals surface area contributed by atoms with Gasteiger partial charge in [0, 0.05) is 10.9 Å². The quantitative estimate of drug-likeness (QED) is 0.786. The first-order valence-electron chi connectivity index (χ1n) is 3.30. The first kappa shape index (κ1) is 8.34. The van der Waals surface area contributed by atoms with Gasteiger partial charge in [-0.2, -0.15) is 15.7 Å². The topological polar surface area (TPSA) is 25.8 Å². The highest BCUT2D eigenvalue weighted by atomic mass is 79.9. The van der Waals surface area contributed by atoms with Crippen molar-refractivity contribution in [3.05, 3.63) is 20.2 Å². The van der Waals surface area contributed by atoms with Crippen LogP contribution < -0.4 is 0 Å². The van der Waals surface area contributed by atoms with Crippen molar-refractivity contribution in [2.24, 2.45) is 0 Å². The Morgan fingerprint density at radius 2 is 2.25 bits per heavy atom. The lowest BCUT2D eigenvalue weighted by molar-refractivity contribution is 1.29. The molecule has 0 saturated carbocycles. The summed E-state index contributed by atoms with van der Waals surface area (Å²) in [5.74, 6) is 0.825. The molecule has 0 atom stereocenters. The summed E-state index contributed by atoms with van der Waals surface area (Å²) in [6.07, 6.45) is 0. The van der Waals surface area contributed by atoms with Crippen molar-refractivity contribution in [1.29, 1.82) is 0 Å². The summed E-state index contributed by atoms with van der Waals surface area (Å²) < 4.78 is 5.05. The molecule has 0 radical (unpaired) electrons. The van der Waals surface area contributed by atoms with E-state index in [1.165, 1.54) is 17.1 Å². The highest BCUT2D eigenvalue weighted by molar-refractivity contribution is 9.11. The Morgan fingerprint density at radius 1 is 1.42 bits per heavy atom. The molecule has 0 spiro atoms. The van der Waals surface area contributed by atoms with Crippen LogP contribution in [0, 0.1) is 6.92 Å². The molecule has 0 aromatic carbocycles. The van der Waals surface area contributed by atoms with E-state index in [2.05, 4.69) is 43.0 Å². The summed E-state index contributed by atoms with van der Waals surface area (Å²) in [4.78, 5) is 4.24. The molecule has 0 amide bonds. The number of hydrogen-bond acceptors (Lipinski definition) is 4. The normalized spacial score (nSPS) is 10.5. The van der Waals surface area contributed by atoms with Crippen LogP contribution in [0.15, 0.2) is 14.7 Å². The van der Waals surface area contributed by atoms with E-state index in [1.807, 2.05) is 0 Å². The van der Waals surface area contributed by atoms with Crippen LogP contribution in [-0.4, -0.2) is 9.36 Å². The van der Waals surface area contributed by atoms with Gasteiger partial charge in [0.25, 0.3) is 0 Å². The Morgan fingerprint density at radius 3 is 2.75 bits per heavy atom. The van der Waals surface area contributed by atoms with Crippen molar-refractivity contribution in [2.75, 3.05) is 0 Å². The van der Waals surface area contributed by atoms with Crippen molar-refractivity contribution >= 4 is 38.8 Å². The molecular formula is C7H5BrN2S2. The Labute approximate surface area is 86.6 Å². The number of halogens is 1. The van der Waals surface area contributed by atoms with Gasteiger partial charge in [0.2, 0.25) is 0 Å². The van der Waals surface area contributed by atoms with Gasteiger partial charge in [-0.1, -0.05) is 0 Å². The first-order valence-corrected chi connectivity index (χ1v) is 5.80. The molecule has 12 heavy (non-hydrogen) atoms. The molecule has 0 N–H and O–H groups in total. The second-order valence-electron chi connectivity index (χ2n) is 2.34. The lowest BCUT2D eigenvalue weighted by Crippen LogP contribution is -1.78. The van der Waals surface area contributed by atoms with Gasteiger partial charge in [-0.15, -0.1) is 0 Å². The molecular weight excluding hydrogens is 256 g/mol. The zero-order valence-electron chi connectivity index (χ0n) is 6.24. The summed E-state index contributed by atoms with van der Waals surface area (Å²) in [5.41, 5.74) is 2.38. The maximum Gasteiger partial charge on any atom is 0.179 e. The van der Waals surface area contributed by atoms with E-state index in [1.54, 1.807) is 11.3 Å². The average molecular weight is 261 g/mol. The van der Waals surface area contributed by atoms with Gasteiger partial charge in [0.15, 0.2) is 9.74 Å². The number of rotatable bonds is 1. The van der Waals surface area contributed by atoms with Gasteiger partial charge in [-0.05, 0) is 45.3 Å². The zero-order chi connectivity index (χ0) is 8.55. The fourth-order valence-corrected chi connectivity index (χ4v) is 2.54. The molecule has 2 aromatic rings. The third-order valence-corrected chi connectivity index (χ3v) is 3.48. The second-order valence-corrected chi connectivity index (χ2v) is 5.11. The largest absolute Gasteiger partial charge is 0.208 e. The van der Waals surface area contributed by atoms with Crippen molar-refractivity contribution in [3.63, 3.8) is 0 Å². The summed E-state index contributed by atoms with van der Waals surface area (Å²) >= 11 is 6.34. The number of nitrogens with zero attached hydrogens (tertiary/aromatic N) is 2. The zero-order valence-corrected chi connectivity index (χ0v) is 9.46. The minimum atomic E-state index is 0.825. The van der Waals surface area contributed by atoms with Crippen LogP contribution in [-0.2, 0) is 0 Å². The van der Waals surface area contributed by atoms with Gasteiger partial charge >= 0.3 is 0 Å². The molecule has 0 fully saturated rings. The maximum absolute atomic E-state index is 4.24. The Bertz CT molecular complexity index is 394. The standard InChI is InChI=1S/C7H5BrN2S2/c1-4-2-11-3-5(4)6-9-7(8)12-10-6/h2-3H,1H3. The maximum atomic E-state index is 4.24. The van der Waals surface area contributed by atoms with E-state index in [9.17, 15) is 0 Å². The number of hydrogen-bond donors (Lipinski definition) is 0. The summed E-state index contributed by atoms with van der Waals surface area (Å²) in [7, 11) is 0. The Kier molecular flexibility index (Phi) is 2.25. The van der Waals surface area contributed by atoms with E-state index in [0.29, 0.717) is 0 Å². The predicted molar refractivity (Wildman–Crippen MR) is 55.7 cm³/mol. The lowest BCUT2D eigenvalue weighted by atomic mass is 10.2. The van der Waals surface area contributed by atoms with Gasteiger partial charge in [-0.25, -0.2) is 4.98 Å². The Balaban J connectivity index is 2.50. The van der Waals surface area contributed by atoms with Gasteiger partial charge in [0.05, 0.1) is 0 Å². The highest BCUT2D eigenvalue weighted by Crippen LogP contribution is 2.26. The minimum absolute atomic E-state index is 0.825. The van der Waals surface area contributed by atoms with Crippen LogP contribution in [0.3, 0.4) is 0 Å². The number of aromatic nitrogens is 2. The van der Waals surface area contributed by atoms with Crippen LogP contribution in [0.1, 0.15) is 5.56 Å². The summed E-state index contributed by atoms with van der Waals surface area (Å²) in [5, 5.41) is 4.17. The third kappa shape index (κ3) is 1.44. The van der Waals surface area contributed by atoms with Crippen LogP contribution in [0.25, 0.3) is 11.4 Å². The Hall–Kier alpha value is -0.260. The van der Waals surface area contributed by atoms with Gasteiger partial charge in [0.1, 0.15) is 0 Å². The molecule has 0 aliphatic heterocycles. The van der Waals surface area contributed by atoms with E-state index in [-0.39, 0.29) is 0 Å². The van der Waals surface area contributed by atoms with E-state index >= 15 is 0 Å². The molecule has 2 nitrogen and oxygen atoms in total. The minimum Gasteiger partial charge on any atom is -0.208 e. The predicted octanol–water partition coefficient (Wildman–Crippen LogP) is 3.34. The summed E-state index contributed by atoms with van der Waals surface area (Å²) in [6.45, 7) is 2.07. The SMILES string of the molecule is Cc1cscc1-c1nsc(Br)n1. The fraction of sp³-hybridized carbons (Fsp3) is 0.143. The molecule has 0 aliphatic carbocycles.